The lowest BCUT2D eigenvalue weighted by Crippen LogP contribution is -2.28. The van der Waals surface area contributed by atoms with Crippen molar-refractivity contribution in [3.8, 4) is 0 Å². The Morgan fingerprint density at radius 3 is 2.17 bits per heavy atom. The number of nitrogens with one attached hydrogen (secondary N) is 2. The van der Waals surface area contributed by atoms with Gasteiger partial charge in [0.1, 0.15) is 0 Å². The molecule has 0 saturated heterocycles. The molecule has 1 aromatic heterocycles. The molecule has 116 valence electrons. The van der Waals surface area contributed by atoms with Gasteiger partial charge in [-0.3, -0.25) is 4.79 Å². The van der Waals surface area contributed by atoms with Crippen molar-refractivity contribution < 1.29 is 4.79 Å². The highest BCUT2D eigenvalue weighted by Gasteiger charge is 2.25. The molecule has 1 amide bonds. The normalized spacial score (nSPS) is 11.7. The molecule has 0 saturated carbocycles. The van der Waals surface area contributed by atoms with E-state index < -0.39 is 6.04 Å². The lowest BCUT2D eigenvalue weighted by atomic mass is 10.2. The van der Waals surface area contributed by atoms with Crippen LogP contribution < -0.4 is 10.6 Å². The number of hydrogen-bond acceptors (Lipinski definition) is 5. The van der Waals surface area contributed by atoms with Crippen LogP contribution in [0.4, 0.5) is 11.4 Å². The number of hydrogen-bond donors (Lipinski definition) is 2. The Kier molecular flexibility index (Phi) is 4.28. The summed E-state index contributed by atoms with van der Waals surface area (Å²) in [5.41, 5.74) is 1.51. The van der Waals surface area contributed by atoms with Crippen LogP contribution in [-0.4, -0.2) is 26.1 Å². The number of tetrazole rings is 1. The number of carbonyl (C=O) groups is 1. The van der Waals surface area contributed by atoms with E-state index in [1.54, 1.807) is 7.05 Å². The molecule has 1 unspecified atom stereocenters. The van der Waals surface area contributed by atoms with Crippen molar-refractivity contribution in [2.75, 3.05) is 10.6 Å². The molecule has 7 nitrogen and oxygen atoms in total. The predicted molar refractivity (Wildman–Crippen MR) is 86.7 cm³/mol. The van der Waals surface area contributed by atoms with E-state index in [0.717, 1.165) is 5.69 Å². The monoisotopic (exact) mass is 308 g/mol. The largest absolute Gasteiger partial charge is 0.367 e. The summed E-state index contributed by atoms with van der Waals surface area (Å²) in [4.78, 5) is 14.0. The maximum atomic E-state index is 12.6. The molecular formula is C16H16N6O. The number of anilines is 2. The van der Waals surface area contributed by atoms with Gasteiger partial charge in [-0.1, -0.05) is 36.4 Å². The van der Waals surface area contributed by atoms with Crippen molar-refractivity contribution in [3.63, 3.8) is 0 Å². The van der Waals surface area contributed by atoms with Gasteiger partial charge in [0.05, 0.1) is 7.05 Å². The smallest absolute Gasteiger partial charge is 0.255 e. The van der Waals surface area contributed by atoms with E-state index in [-0.39, 0.29) is 5.91 Å². The zero-order chi connectivity index (χ0) is 16.1. The summed E-state index contributed by atoms with van der Waals surface area (Å²) >= 11 is 0. The molecule has 0 fully saturated rings. The van der Waals surface area contributed by atoms with Crippen LogP contribution in [0.5, 0.6) is 0 Å². The fraction of sp³-hybridized carbons (Fsp3) is 0.125. The van der Waals surface area contributed by atoms with E-state index in [9.17, 15) is 4.79 Å². The summed E-state index contributed by atoms with van der Waals surface area (Å²) in [5, 5.41) is 17.9. The van der Waals surface area contributed by atoms with Crippen LogP contribution in [-0.2, 0) is 11.8 Å². The molecule has 2 aromatic carbocycles. The minimum Gasteiger partial charge on any atom is -0.367 e. The van der Waals surface area contributed by atoms with Gasteiger partial charge >= 0.3 is 0 Å². The molecule has 0 aliphatic rings. The summed E-state index contributed by atoms with van der Waals surface area (Å²) in [5.74, 6) is 0.0536. The second-order valence-electron chi connectivity index (χ2n) is 4.94. The van der Waals surface area contributed by atoms with Gasteiger partial charge in [0.2, 0.25) is 5.82 Å². The van der Waals surface area contributed by atoms with Gasteiger partial charge in [-0.15, -0.1) is 10.2 Å². The minimum absolute atomic E-state index is 0.256. The molecule has 7 heteroatoms. The van der Waals surface area contributed by atoms with Crippen molar-refractivity contribution in [2.24, 2.45) is 7.05 Å². The quantitative estimate of drug-likeness (QED) is 0.753. The Balaban J connectivity index is 1.84. The van der Waals surface area contributed by atoms with Crippen LogP contribution in [0.1, 0.15) is 11.9 Å². The molecule has 3 aromatic rings. The lowest BCUT2D eigenvalue weighted by Gasteiger charge is -2.16. The Labute approximate surface area is 133 Å². The standard InChI is InChI=1S/C16H16N6O/c1-22-20-15(19-21-22)14(17-12-8-4-2-5-9-12)16(23)18-13-10-6-3-7-11-13/h2-11,14,17H,1H3,(H,18,23). The van der Waals surface area contributed by atoms with Gasteiger partial charge in [-0.2, -0.15) is 4.80 Å². The molecule has 1 atom stereocenters. The van der Waals surface area contributed by atoms with E-state index >= 15 is 0 Å². The summed E-state index contributed by atoms with van der Waals surface area (Å²) in [7, 11) is 1.66. The number of amides is 1. The lowest BCUT2D eigenvalue weighted by molar-refractivity contribution is -0.117. The number of aryl methyl sites for hydroxylation is 1. The van der Waals surface area contributed by atoms with Crippen molar-refractivity contribution >= 4 is 17.3 Å². The third-order valence-electron chi connectivity index (χ3n) is 3.17. The van der Waals surface area contributed by atoms with Crippen LogP contribution >= 0.6 is 0 Å². The first-order valence-electron chi connectivity index (χ1n) is 7.14. The molecule has 1 heterocycles. The first-order valence-corrected chi connectivity index (χ1v) is 7.14. The Morgan fingerprint density at radius 2 is 1.61 bits per heavy atom. The fourth-order valence-corrected chi connectivity index (χ4v) is 2.10. The third kappa shape index (κ3) is 3.70. The van der Waals surface area contributed by atoms with Crippen molar-refractivity contribution in [3.05, 3.63) is 66.5 Å². The van der Waals surface area contributed by atoms with E-state index in [1.807, 2.05) is 60.7 Å². The van der Waals surface area contributed by atoms with Crippen LogP contribution in [0.15, 0.2) is 60.7 Å². The molecule has 0 aliphatic carbocycles. The molecule has 0 bridgehead atoms. The topological polar surface area (TPSA) is 84.7 Å². The van der Waals surface area contributed by atoms with E-state index in [1.165, 1.54) is 4.80 Å². The average Bonchev–Trinajstić information content (AvgIpc) is 3.00. The molecule has 0 aliphatic heterocycles. The number of aromatic nitrogens is 4. The van der Waals surface area contributed by atoms with Gasteiger partial charge in [0.25, 0.3) is 5.91 Å². The van der Waals surface area contributed by atoms with E-state index in [4.69, 9.17) is 0 Å². The van der Waals surface area contributed by atoms with Gasteiger partial charge in [0.15, 0.2) is 6.04 Å². The minimum atomic E-state index is -0.744. The number of benzene rings is 2. The van der Waals surface area contributed by atoms with Crippen LogP contribution in [0.2, 0.25) is 0 Å². The van der Waals surface area contributed by atoms with Crippen molar-refractivity contribution in [2.45, 2.75) is 6.04 Å². The van der Waals surface area contributed by atoms with Crippen LogP contribution in [0.25, 0.3) is 0 Å². The first-order chi connectivity index (χ1) is 11.2. The highest BCUT2D eigenvalue weighted by molar-refractivity contribution is 5.96. The van der Waals surface area contributed by atoms with Gasteiger partial charge < -0.3 is 10.6 Å². The average molecular weight is 308 g/mol. The maximum Gasteiger partial charge on any atom is 0.255 e. The second kappa shape index (κ2) is 6.69. The number of para-hydroxylation sites is 2. The first kappa shape index (κ1) is 14.7. The maximum absolute atomic E-state index is 12.6. The molecule has 0 radical (unpaired) electrons. The van der Waals surface area contributed by atoms with Crippen molar-refractivity contribution in [1.82, 2.24) is 20.2 Å². The van der Waals surface area contributed by atoms with Crippen LogP contribution in [0, 0.1) is 0 Å². The SMILES string of the molecule is Cn1nnc(C(Nc2ccccc2)C(=O)Nc2ccccc2)n1. The summed E-state index contributed by atoms with van der Waals surface area (Å²) in [6, 6.07) is 17.9. The third-order valence-corrected chi connectivity index (χ3v) is 3.17. The summed E-state index contributed by atoms with van der Waals surface area (Å²) < 4.78 is 0. The Hall–Kier alpha value is -3.22. The Bertz CT molecular complexity index is 772. The fourth-order valence-electron chi connectivity index (χ4n) is 2.10. The predicted octanol–water partition coefficient (Wildman–Crippen LogP) is 2.00. The van der Waals surface area contributed by atoms with Gasteiger partial charge in [0, 0.05) is 11.4 Å². The van der Waals surface area contributed by atoms with E-state index in [2.05, 4.69) is 26.0 Å². The van der Waals surface area contributed by atoms with Gasteiger partial charge in [-0.25, -0.2) is 0 Å². The van der Waals surface area contributed by atoms with Gasteiger partial charge in [-0.05, 0) is 29.5 Å². The van der Waals surface area contributed by atoms with Crippen molar-refractivity contribution in [1.29, 1.82) is 0 Å². The zero-order valence-electron chi connectivity index (χ0n) is 12.5. The number of carbonyl (C=O) groups excluding carboxylic acids is 1. The summed E-state index contributed by atoms with van der Waals surface area (Å²) in [6.07, 6.45) is 0. The highest BCUT2D eigenvalue weighted by atomic mass is 16.2. The highest BCUT2D eigenvalue weighted by Crippen LogP contribution is 2.18. The molecular weight excluding hydrogens is 292 g/mol. The summed E-state index contributed by atoms with van der Waals surface area (Å²) in [6.45, 7) is 0. The second-order valence-corrected chi connectivity index (χ2v) is 4.94. The number of nitrogens with zero attached hydrogens (tertiary/aromatic N) is 4. The zero-order valence-corrected chi connectivity index (χ0v) is 12.5. The Morgan fingerprint density at radius 1 is 1.00 bits per heavy atom. The molecule has 0 spiro atoms. The number of rotatable bonds is 5. The molecule has 2 N–H and O–H groups in total. The van der Waals surface area contributed by atoms with Crippen LogP contribution in [0.3, 0.4) is 0 Å². The molecule has 3 rings (SSSR count). The molecule has 23 heavy (non-hydrogen) atoms. The van der Waals surface area contributed by atoms with E-state index in [0.29, 0.717) is 11.5 Å².